The molecular formula is C19H19F3N4O6. The second-order valence-corrected chi connectivity index (χ2v) is 7.50. The fraction of sp³-hybridized carbons (Fsp3) is 0.421. The first-order chi connectivity index (χ1) is 15.0. The second-order valence-electron chi connectivity index (χ2n) is 7.50. The third kappa shape index (κ3) is 5.11. The first-order valence-electron chi connectivity index (χ1n) is 9.38. The summed E-state index contributed by atoms with van der Waals surface area (Å²) in [5, 5.41) is 28.0. The van der Waals surface area contributed by atoms with Gasteiger partial charge in [-0.1, -0.05) is 0 Å². The minimum Gasteiger partial charge on any atom is -0.508 e. The van der Waals surface area contributed by atoms with Gasteiger partial charge in [0.05, 0.1) is 29.2 Å². The van der Waals surface area contributed by atoms with Crippen LogP contribution < -0.4 is 0 Å². The van der Waals surface area contributed by atoms with Crippen molar-refractivity contribution in [2.45, 2.75) is 31.2 Å². The Kier molecular flexibility index (Phi) is 6.60. The van der Waals surface area contributed by atoms with E-state index in [0.717, 1.165) is 24.2 Å². The zero-order valence-electron chi connectivity index (χ0n) is 16.6. The van der Waals surface area contributed by atoms with E-state index >= 15 is 0 Å². The van der Waals surface area contributed by atoms with Crippen molar-refractivity contribution in [2.75, 3.05) is 19.7 Å². The number of likely N-dealkylation sites (tertiary alicyclic amines) is 1. The van der Waals surface area contributed by atoms with Crippen LogP contribution in [0.4, 0.5) is 18.9 Å². The Morgan fingerprint density at radius 2 is 2.09 bits per heavy atom. The van der Waals surface area contributed by atoms with E-state index in [1.54, 1.807) is 12.5 Å². The standard InChI is InChI=1S/C17H18N4O4.C2HF3O2/c22-14-1-2-15(21(23)24)12(5-14)7-20-4-3-17(9-20)10-25-8-13-6-18-11-19-16(13)17;3-2(4,5)1(6)7/h1-2,5-6,11,22H,3-4,7-10H2;(H,6,7). The van der Waals surface area contributed by atoms with E-state index in [2.05, 4.69) is 14.9 Å². The summed E-state index contributed by atoms with van der Waals surface area (Å²) in [6, 6.07) is 4.16. The Balaban J connectivity index is 0.000000360. The second kappa shape index (κ2) is 9.04. The van der Waals surface area contributed by atoms with Crippen LogP contribution in [0.25, 0.3) is 0 Å². The number of phenols is 1. The Morgan fingerprint density at radius 1 is 1.38 bits per heavy atom. The van der Waals surface area contributed by atoms with Gasteiger partial charge in [-0.05, 0) is 25.1 Å². The number of carbonyl (C=O) groups is 1. The van der Waals surface area contributed by atoms with Crippen LogP contribution in [-0.2, 0) is 28.1 Å². The molecule has 0 aliphatic carbocycles. The number of carboxylic acids is 1. The number of alkyl halides is 3. The van der Waals surface area contributed by atoms with Crippen LogP contribution in [0.1, 0.15) is 23.2 Å². The minimum absolute atomic E-state index is 0.0290. The number of halogens is 3. The maximum Gasteiger partial charge on any atom is 0.490 e. The normalized spacial score (nSPS) is 20.3. The zero-order chi connectivity index (χ0) is 23.5. The number of benzene rings is 1. The Labute approximate surface area is 179 Å². The fourth-order valence-electron chi connectivity index (χ4n) is 3.89. The minimum atomic E-state index is -5.08. The predicted molar refractivity (Wildman–Crippen MR) is 102 cm³/mol. The molecule has 1 fully saturated rings. The number of aromatic hydroxyl groups is 1. The summed E-state index contributed by atoms with van der Waals surface area (Å²) in [5.41, 5.74) is 2.39. The molecule has 0 saturated carbocycles. The summed E-state index contributed by atoms with van der Waals surface area (Å²) in [6.45, 7) is 3.03. The van der Waals surface area contributed by atoms with E-state index < -0.39 is 17.1 Å². The van der Waals surface area contributed by atoms with Gasteiger partial charge in [-0.15, -0.1) is 0 Å². The lowest BCUT2D eigenvalue weighted by molar-refractivity contribution is -0.385. The van der Waals surface area contributed by atoms with Crippen molar-refractivity contribution in [3.63, 3.8) is 0 Å². The van der Waals surface area contributed by atoms with E-state index in [-0.39, 0.29) is 16.9 Å². The number of carboxylic acid groups (broad SMARTS) is 1. The number of hydrogen-bond donors (Lipinski definition) is 2. The van der Waals surface area contributed by atoms with Crippen molar-refractivity contribution in [3.8, 4) is 5.75 Å². The molecule has 172 valence electrons. The molecule has 32 heavy (non-hydrogen) atoms. The Hall–Kier alpha value is -3.32. The highest BCUT2D eigenvalue weighted by Gasteiger charge is 2.44. The number of phenolic OH excluding ortho intramolecular Hbond substituents is 1. The number of ether oxygens (including phenoxy) is 1. The van der Waals surface area contributed by atoms with E-state index in [0.29, 0.717) is 31.9 Å². The quantitative estimate of drug-likeness (QED) is 0.526. The number of rotatable bonds is 3. The number of hydrogen-bond acceptors (Lipinski definition) is 8. The topological polar surface area (TPSA) is 139 Å². The predicted octanol–water partition coefficient (Wildman–Crippen LogP) is 2.40. The van der Waals surface area contributed by atoms with Gasteiger partial charge in [-0.25, -0.2) is 14.8 Å². The van der Waals surface area contributed by atoms with Gasteiger partial charge in [0.1, 0.15) is 12.1 Å². The van der Waals surface area contributed by atoms with Crippen LogP contribution in [0, 0.1) is 10.1 Å². The highest BCUT2D eigenvalue weighted by Crippen LogP contribution is 2.39. The lowest BCUT2D eigenvalue weighted by Crippen LogP contribution is -2.40. The summed E-state index contributed by atoms with van der Waals surface area (Å²) in [4.78, 5) is 30.4. The molecule has 2 aliphatic rings. The third-order valence-corrected chi connectivity index (χ3v) is 5.26. The SMILES string of the molecule is O=C(O)C(F)(F)F.O=[N+]([O-])c1ccc(O)cc1CN1CCC2(COCc3cncnc32)C1. The third-order valence-electron chi connectivity index (χ3n) is 5.26. The van der Waals surface area contributed by atoms with Crippen molar-refractivity contribution >= 4 is 11.7 Å². The molecule has 1 aromatic heterocycles. The number of aliphatic carboxylic acids is 1. The van der Waals surface area contributed by atoms with Crippen LogP contribution in [0.5, 0.6) is 5.75 Å². The average Bonchev–Trinajstić information content (AvgIpc) is 3.11. The lowest BCUT2D eigenvalue weighted by atomic mass is 9.81. The van der Waals surface area contributed by atoms with E-state index in [9.17, 15) is 28.4 Å². The Bertz CT molecular complexity index is 1020. The van der Waals surface area contributed by atoms with Gasteiger partial charge in [0.15, 0.2) is 0 Å². The number of nitrogens with zero attached hydrogens (tertiary/aromatic N) is 4. The van der Waals surface area contributed by atoms with Crippen molar-refractivity contribution in [2.24, 2.45) is 0 Å². The average molecular weight is 456 g/mol. The van der Waals surface area contributed by atoms with Crippen molar-refractivity contribution in [1.82, 2.24) is 14.9 Å². The molecule has 2 N–H and O–H groups in total. The summed E-state index contributed by atoms with van der Waals surface area (Å²) in [7, 11) is 0. The summed E-state index contributed by atoms with van der Waals surface area (Å²) in [6.07, 6.45) is -0.843. The summed E-state index contributed by atoms with van der Waals surface area (Å²) in [5.74, 6) is -2.72. The molecule has 1 spiro atoms. The van der Waals surface area contributed by atoms with Crippen molar-refractivity contribution in [3.05, 3.63) is 57.7 Å². The van der Waals surface area contributed by atoms with Gasteiger partial charge in [-0.2, -0.15) is 13.2 Å². The number of nitro benzene ring substituents is 1. The molecule has 2 aromatic rings. The summed E-state index contributed by atoms with van der Waals surface area (Å²) < 4.78 is 37.5. The van der Waals surface area contributed by atoms with Crippen LogP contribution in [0.15, 0.2) is 30.7 Å². The van der Waals surface area contributed by atoms with E-state index in [1.165, 1.54) is 18.2 Å². The molecule has 3 heterocycles. The van der Waals surface area contributed by atoms with Crippen LogP contribution in [0.3, 0.4) is 0 Å². The van der Waals surface area contributed by atoms with Gasteiger partial charge in [0.25, 0.3) is 5.69 Å². The fourth-order valence-corrected chi connectivity index (χ4v) is 3.89. The molecule has 0 amide bonds. The highest BCUT2D eigenvalue weighted by atomic mass is 19.4. The first-order valence-corrected chi connectivity index (χ1v) is 9.38. The first kappa shape index (κ1) is 23.3. The van der Waals surface area contributed by atoms with E-state index in [4.69, 9.17) is 14.6 Å². The van der Waals surface area contributed by atoms with Crippen LogP contribution in [0.2, 0.25) is 0 Å². The molecule has 1 unspecified atom stereocenters. The van der Waals surface area contributed by atoms with E-state index in [1.807, 2.05) is 0 Å². The monoisotopic (exact) mass is 456 g/mol. The molecule has 1 saturated heterocycles. The highest BCUT2D eigenvalue weighted by molar-refractivity contribution is 5.73. The zero-order valence-corrected chi connectivity index (χ0v) is 16.6. The number of nitro groups is 1. The molecule has 2 aliphatic heterocycles. The van der Waals surface area contributed by atoms with Gasteiger partial charge in [0, 0.05) is 36.5 Å². The maximum absolute atomic E-state index is 11.2. The summed E-state index contributed by atoms with van der Waals surface area (Å²) >= 11 is 0. The van der Waals surface area contributed by atoms with Crippen molar-refractivity contribution < 1.29 is 37.8 Å². The molecule has 0 bridgehead atoms. The van der Waals surface area contributed by atoms with Gasteiger partial charge >= 0.3 is 12.1 Å². The van der Waals surface area contributed by atoms with Crippen LogP contribution in [-0.4, -0.2) is 61.8 Å². The largest absolute Gasteiger partial charge is 0.508 e. The number of fused-ring (bicyclic) bond motifs is 2. The Morgan fingerprint density at radius 3 is 2.75 bits per heavy atom. The maximum atomic E-state index is 11.2. The molecular weight excluding hydrogens is 437 g/mol. The molecule has 10 nitrogen and oxygen atoms in total. The van der Waals surface area contributed by atoms with Gasteiger partial charge in [-0.3, -0.25) is 15.0 Å². The molecule has 0 radical (unpaired) electrons. The smallest absolute Gasteiger partial charge is 0.490 e. The van der Waals surface area contributed by atoms with Gasteiger partial charge in [0.2, 0.25) is 0 Å². The molecule has 4 rings (SSSR count). The molecule has 1 aromatic carbocycles. The molecule has 1 atom stereocenters. The van der Waals surface area contributed by atoms with Gasteiger partial charge < -0.3 is 14.9 Å². The lowest BCUT2D eigenvalue weighted by Gasteiger charge is -2.34. The van der Waals surface area contributed by atoms with Crippen molar-refractivity contribution in [1.29, 1.82) is 0 Å². The number of aromatic nitrogens is 2. The molecule has 13 heteroatoms. The van der Waals surface area contributed by atoms with Crippen LogP contribution >= 0.6 is 0 Å².